The first kappa shape index (κ1) is 14.4. The van der Waals surface area contributed by atoms with Crippen LogP contribution in [0.15, 0.2) is 48.5 Å². The normalized spacial score (nSPS) is 11.0. The molecule has 0 aliphatic carbocycles. The Kier molecular flexibility index (Phi) is 4.44. The summed E-state index contributed by atoms with van der Waals surface area (Å²) in [4.78, 5) is 1.07. The van der Waals surface area contributed by atoms with Gasteiger partial charge in [0.2, 0.25) is 0 Å². The van der Waals surface area contributed by atoms with Crippen molar-refractivity contribution in [3.8, 4) is 5.75 Å². The van der Waals surface area contributed by atoms with E-state index in [0.717, 1.165) is 27.6 Å². The lowest BCUT2D eigenvalue weighted by molar-refractivity contribution is 0.310. The van der Waals surface area contributed by atoms with Crippen LogP contribution in [0.25, 0.3) is 10.1 Å². The fraction of sp³-hybridized carbons (Fsp3) is 0.176. The monoisotopic (exact) mass is 317 g/mol. The Hall–Kier alpha value is -1.55. The molecule has 1 N–H and O–H groups in total. The Bertz CT molecular complexity index is 736. The summed E-state index contributed by atoms with van der Waals surface area (Å²) in [5.41, 5.74) is 1.24. The maximum Gasteiger partial charge on any atom is 0.124 e. The molecule has 0 unspecified atom stereocenters. The molecule has 0 atom stereocenters. The molecule has 0 radical (unpaired) electrons. The summed E-state index contributed by atoms with van der Waals surface area (Å²) in [5.74, 6) is 0.864. The number of rotatable bonds is 5. The number of hydrogen-bond donors (Lipinski definition) is 1. The zero-order valence-electron chi connectivity index (χ0n) is 11.7. The molecule has 2 nitrogen and oxygen atoms in total. The standard InChI is InChI=1S/C17H16ClNOS/c1-19-10-12-6-8-13(9-7-12)20-11-16-17(18)14-4-2-3-5-15(14)21-16/h2-9,19H,10-11H2,1H3. The molecule has 0 aliphatic heterocycles. The fourth-order valence-corrected chi connectivity index (χ4v) is 3.61. The molecule has 3 aromatic rings. The quantitative estimate of drug-likeness (QED) is 0.726. The zero-order valence-corrected chi connectivity index (χ0v) is 13.3. The number of thiophene rings is 1. The van der Waals surface area contributed by atoms with Crippen molar-refractivity contribution in [3.05, 3.63) is 64.0 Å². The van der Waals surface area contributed by atoms with Gasteiger partial charge in [0.05, 0.1) is 9.90 Å². The molecule has 0 saturated heterocycles. The van der Waals surface area contributed by atoms with Crippen LogP contribution < -0.4 is 10.1 Å². The Morgan fingerprint density at radius 3 is 2.57 bits per heavy atom. The third-order valence-corrected chi connectivity index (χ3v) is 4.96. The number of nitrogens with one attached hydrogen (secondary N) is 1. The molecule has 1 aromatic heterocycles. The van der Waals surface area contributed by atoms with E-state index in [1.807, 2.05) is 37.4 Å². The predicted molar refractivity (Wildman–Crippen MR) is 90.4 cm³/mol. The zero-order chi connectivity index (χ0) is 14.7. The van der Waals surface area contributed by atoms with Crippen LogP contribution in [-0.2, 0) is 13.2 Å². The van der Waals surface area contributed by atoms with Gasteiger partial charge in [0.15, 0.2) is 0 Å². The number of hydrogen-bond acceptors (Lipinski definition) is 3. The van der Waals surface area contributed by atoms with Gasteiger partial charge in [0.25, 0.3) is 0 Å². The number of ether oxygens (including phenoxy) is 1. The van der Waals surface area contributed by atoms with Crippen LogP contribution in [0.1, 0.15) is 10.4 Å². The van der Waals surface area contributed by atoms with Gasteiger partial charge >= 0.3 is 0 Å². The average molecular weight is 318 g/mol. The molecule has 2 aromatic carbocycles. The summed E-state index contributed by atoms with van der Waals surface area (Å²) in [6.45, 7) is 1.37. The topological polar surface area (TPSA) is 21.3 Å². The summed E-state index contributed by atoms with van der Waals surface area (Å²) in [6, 6.07) is 16.3. The van der Waals surface area contributed by atoms with Gasteiger partial charge in [0.1, 0.15) is 12.4 Å². The Morgan fingerprint density at radius 1 is 1.10 bits per heavy atom. The van der Waals surface area contributed by atoms with Crippen LogP contribution in [-0.4, -0.2) is 7.05 Å². The average Bonchev–Trinajstić information content (AvgIpc) is 2.84. The molecule has 1 heterocycles. The highest BCUT2D eigenvalue weighted by molar-refractivity contribution is 7.19. The molecular formula is C17H16ClNOS. The molecule has 4 heteroatoms. The summed E-state index contributed by atoms with van der Waals surface area (Å²) in [7, 11) is 1.94. The van der Waals surface area contributed by atoms with Gasteiger partial charge in [-0.1, -0.05) is 41.9 Å². The molecule has 0 saturated carbocycles. The van der Waals surface area contributed by atoms with E-state index in [9.17, 15) is 0 Å². The van der Waals surface area contributed by atoms with Gasteiger partial charge in [-0.3, -0.25) is 0 Å². The van der Waals surface area contributed by atoms with Gasteiger partial charge in [-0.25, -0.2) is 0 Å². The minimum Gasteiger partial charge on any atom is -0.488 e. The summed E-state index contributed by atoms with van der Waals surface area (Å²) < 4.78 is 7.04. The molecule has 0 amide bonds. The van der Waals surface area contributed by atoms with E-state index < -0.39 is 0 Å². The second-order valence-electron chi connectivity index (χ2n) is 4.80. The van der Waals surface area contributed by atoms with Crippen LogP contribution in [0.3, 0.4) is 0 Å². The van der Waals surface area contributed by atoms with Crippen molar-refractivity contribution in [1.82, 2.24) is 5.32 Å². The van der Waals surface area contributed by atoms with Crippen molar-refractivity contribution >= 4 is 33.0 Å². The second-order valence-corrected chi connectivity index (χ2v) is 6.31. The maximum absolute atomic E-state index is 6.41. The van der Waals surface area contributed by atoms with E-state index in [-0.39, 0.29) is 0 Å². The minimum absolute atomic E-state index is 0.504. The third kappa shape index (κ3) is 3.21. The van der Waals surface area contributed by atoms with Gasteiger partial charge in [-0.2, -0.15) is 0 Å². The predicted octanol–water partition coefficient (Wildman–Crippen LogP) is 4.85. The number of benzene rings is 2. The van der Waals surface area contributed by atoms with E-state index in [1.165, 1.54) is 10.3 Å². The molecule has 21 heavy (non-hydrogen) atoms. The molecule has 3 rings (SSSR count). The lowest BCUT2D eigenvalue weighted by atomic mass is 10.2. The van der Waals surface area contributed by atoms with Crippen LogP contribution in [0.2, 0.25) is 5.02 Å². The first-order valence-electron chi connectivity index (χ1n) is 6.80. The molecule has 0 bridgehead atoms. The summed E-state index contributed by atoms with van der Waals surface area (Å²) in [5, 5.41) is 5.04. The highest BCUT2D eigenvalue weighted by Crippen LogP contribution is 2.35. The van der Waals surface area contributed by atoms with E-state index >= 15 is 0 Å². The number of fused-ring (bicyclic) bond motifs is 1. The van der Waals surface area contributed by atoms with Crippen molar-refractivity contribution in [3.63, 3.8) is 0 Å². The minimum atomic E-state index is 0.504. The molecule has 0 aliphatic rings. The van der Waals surface area contributed by atoms with Crippen molar-refractivity contribution in [2.45, 2.75) is 13.2 Å². The van der Waals surface area contributed by atoms with Gasteiger partial charge in [-0.15, -0.1) is 11.3 Å². The van der Waals surface area contributed by atoms with Crippen molar-refractivity contribution < 1.29 is 4.74 Å². The molecule has 0 spiro atoms. The molecule has 108 valence electrons. The second kappa shape index (κ2) is 6.48. The van der Waals surface area contributed by atoms with E-state index in [1.54, 1.807) is 11.3 Å². The maximum atomic E-state index is 6.41. The van der Waals surface area contributed by atoms with Crippen LogP contribution in [0.4, 0.5) is 0 Å². The highest BCUT2D eigenvalue weighted by Gasteiger charge is 2.10. The van der Waals surface area contributed by atoms with Crippen molar-refractivity contribution in [1.29, 1.82) is 0 Å². The largest absolute Gasteiger partial charge is 0.488 e. The van der Waals surface area contributed by atoms with Gasteiger partial charge in [-0.05, 0) is 30.8 Å². The third-order valence-electron chi connectivity index (χ3n) is 3.28. The van der Waals surface area contributed by atoms with Crippen LogP contribution >= 0.6 is 22.9 Å². The van der Waals surface area contributed by atoms with Crippen LogP contribution in [0.5, 0.6) is 5.75 Å². The van der Waals surface area contributed by atoms with Gasteiger partial charge < -0.3 is 10.1 Å². The first-order valence-corrected chi connectivity index (χ1v) is 7.99. The first-order chi connectivity index (χ1) is 10.3. The fourth-order valence-electron chi connectivity index (χ4n) is 2.21. The Balaban J connectivity index is 1.72. The van der Waals surface area contributed by atoms with Gasteiger partial charge in [0, 0.05) is 16.6 Å². The van der Waals surface area contributed by atoms with Crippen molar-refractivity contribution in [2.24, 2.45) is 0 Å². The SMILES string of the molecule is CNCc1ccc(OCc2sc3ccccc3c2Cl)cc1. The summed E-state index contributed by atoms with van der Waals surface area (Å²) in [6.07, 6.45) is 0. The van der Waals surface area contributed by atoms with E-state index in [0.29, 0.717) is 6.61 Å². The Labute approximate surface area is 133 Å². The van der Waals surface area contributed by atoms with Crippen molar-refractivity contribution in [2.75, 3.05) is 7.05 Å². The number of halogens is 1. The smallest absolute Gasteiger partial charge is 0.124 e. The molecule has 0 fully saturated rings. The van der Waals surface area contributed by atoms with Crippen LogP contribution in [0, 0.1) is 0 Å². The van der Waals surface area contributed by atoms with E-state index in [4.69, 9.17) is 16.3 Å². The summed E-state index contributed by atoms with van der Waals surface area (Å²) >= 11 is 8.10. The lowest BCUT2D eigenvalue weighted by Gasteiger charge is -2.06. The highest BCUT2D eigenvalue weighted by atomic mass is 35.5. The van der Waals surface area contributed by atoms with E-state index in [2.05, 4.69) is 23.5 Å². The Morgan fingerprint density at radius 2 is 1.86 bits per heavy atom. The lowest BCUT2D eigenvalue weighted by Crippen LogP contribution is -2.04. The molecular weight excluding hydrogens is 302 g/mol.